The van der Waals surface area contributed by atoms with Crippen molar-refractivity contribution in [1.82, 2.24) is 5.32 Å². The van der Waals surface area contributed by atoms with Crippen molar-refractivity contribution < 1.29 is 4.79 Å². The Kier molecular flexibility index (Phi) is 5.75. The van der Waals surface area contributed by atoms with E-state index in [9.17, 15) is 4.79 Å². The zero-order valence-corrected chi connectivity index (χ0v) is 11.0. The Morgan fingerprint density at radius 1 is 1.47 bits per heavy atom. The van der Waals surface area contributed by atoms with Crippen molar-refractivity contribution in [3.05, 3.63) is 29.3 Å². The van der Waals surface area contributed by atoms with Crippen LogP contribution in [0, 0.1) is 5.92 Å². The number of benzene rings is 1. The Morgan fingerprint density at radius 3 is 2.94 bits per heavy atom. The molecule has 1 amide bonds. The van der Waals surface area contributed by atoms with E-state index in [1.807, 2.05) is 12.1 Å². The van der Waals surface area contributed by atoms with Crippen LogP contribution in [0.15, 0.2) is 24.3 Å². The summed E-state index contributed by atoms with van der Waals surface area (Å²) in [6.07, 6.45) is 2.02. The van der Waals surface area contributed by atoms with E-state index in [-0.39, 0.29) is 24.2 Å². The molecule has 0 radical (unpaired) electrons. The van der Waals surface area contributed by atoms with Gasteiger partial charge >= 0.3 is 0 Å². The standard InChI is InChI=1S/C12H15ClN2O.ClH/c13-10-4-1-5-11(7-10)15-12(16)9-3-2-6-14-8-9;/h1,4-5,7,9,14H,2-3,6,8H2,(H,15,16);1H/t9-;/m1./s1. The highest BCUT2D eigenvalue weighted by Gasteiger charge is 2.20. The van der Waals surface area contributed by atoms with E-state index >= 15 is 0 Å². The summed E-state index contributed by atoms with van der Waals surface area (Å²) in [6.45, 7) is 1.79. The second kappa shape index (κ2) is 6.84. The summed E-state index contributed by atoms with van der Waals surface area (Å²) in [5.41, 5.74) is 0.767. The molecule has 5 heteroatoms. The Morgan fingerprint density at radius 2 is 2.29 bits per heavy atom. The van der Waals surface area contributed by atoms with Gasteiger partial charge in [-0.2, -0.15) is 0 Å². The topological polar surface area (TPSA) is 41.1 Å². The molecule has 0 aliphatic carbocycles. The molecule has 0 aromatic heterocycles. The Bertz CT molecular complexity index is 379. The largest absolute Gasteiger partial charge is 0.326 e. The van der Waals surface area contributed by atoms with Gasteiger partial charge in [-0.15, -0.1) is 12.4 Å². The van der Waals surface area contributed by atoms with E-state index in [1.54, 1.807) is 12.1 Å². The highest BCUT2D eigenvalue weighted by molar-refractivity contribution is 6.30. The molecule has 1 heterocycles. The lowest BCUT2D eigenvalue weighted by atomic mass is 9.99. The number of amides is 1. The number of carbonyl (C=O) groups is 1. The molecule has 0 bridgehead atoms. The van der Waals surface area contributed by atoms with E-state index in [0.29, 0.717) is 5.02 Å². The summed E-state index contributed by atoms with van der Waals surface area (Å²) in [4.78, 5) is 11.9. The van der Waals surface area contributed by atoms with Gasteiger partial charge in [-0.1, -0.05) is 17.7 Å². The van der Waals surface area contributed by atoms with E-state index in [0.717, 1.165) is 31.6 Å². The SMILES string of the molecule is Cl.O=C(Nc1cccc(Cl)c1)[C@@H]1CCCNC1. The Labute approximate surface area is 112 Å². The number of carbonyl (C=O) groups excluding carboxylic acids is 1. The summed E-state index contributed by atoms with van der Waals surface area (Å²) in [7, 11) is 0. The predicted molar refractivity (Wildman–Crippen MR) is 72.9 cm³/mol. The zero-order valence-electron chi connectivity index (χ0n) is 9.41. The summed E-state index contributed by atoms with van der Waals surface area (Å²) in [6, 6.07) is 7.23. The van der Waals surface area contributed by atoms with Crippen LogP contribution >= 0.6 is 24.0 Å². The van der Waals surface area contributed by atoms with Gasteiger partial charge in [-0.3, -0.25) is 4.79 Å². The van der Waals surface area contributed by atoms with E-state index < -0.39 is 0 Å². The lowest BCUT2D eigenvalue weighted by Gasteiger charge is -2.21. The average molecular weight is 275 g/mol. The molecular weight excluding hydrogens is 259 g/mol. The van der Waals surface area contributed by atoms with E-state index in [2.05, 4.69) is 10.6 Å². The molecule has 94 valence electrons. The predicted octanol–water partition coefficient (Wildman–Crippen LogP) is 2.70. The van der Waals surface area contributed by atoms with Crippen molar-refractivity contribution in [2.45, 2.75) is 12.8 Å². The van der Waals surface area contributed by atoms with Crippen LogP contribution < -0.4 is 10.6 Å². The monoisotopic (exact) mass is 274 g/mol. The number of piperidine rings is 1. The first-order chi connectivity index (χ1) is 7.75. The lowest BCUT2D eigenvalue weighted by Crippen LogP contribution is -2.37. The van der Waals surface area contributed by atoms with Crippen LogP contribution in [-0.4, -0.2) is 19.0 Å². The van der Waals surface area contributed by atoms with Gasteiger partial charge in [0, 0.05) is 17.3 Å². The maximum Gasteiger partial charge on any atom is 0.228 e. The fraction of sp³-hybridized carbons (Fsp3) is 0.417. The van der Waals surface area contributed by atoms with E-state index in [1.165, 1.54) is 0 Å². The van der Waals surface area contributed by atoms with Gasteiger partial charge in [-0.25, -0.2) is 0 Å². The summed E-state index contributed by atoms with van der Waals surface area (Å²) in [5.74, 6) is 0.155. The molecule has 1 saturated heterocycles. The molecule has 1 fully saturated rings. The maximum absolute atomic E-state index is 11.9. The zero-order chi connectivity index (χ0) is 11.4. The second-order valence-electron chi connectivity index (χ2n) is 4.04. The van der Waals surface area contributed by atoms with Crippen LogP contribution in [0.4, 0.5) is 5.69 Å². The molecule has 2 rings (SSSR count). The fourth-order valence-electron chi connectivity index (χ4n) is 1.89. The molecule has 17 heavy (non-hydrogen) atoms. The molecule has 1 atom stereocenters. The molecule has 3 nitrogen and oxygen atoms in total. The van der Waals surface area contributed by atoms with Gasteiger partial charge in [0.15, 0.2) is 0 Å². The molecule has 1 aliphatic heterocycles. The Balaban J connectivity index is 0.00000144. The van der Waals surface area contributed by atoms with Gasteiger partial charge in [-0.05, 0) is 37.6 Å². The number of hydrogen-bond acceptors (Lipinski definition) is 2. The molecule has 1 aromatic rings. The quantitative estimate of drug-likeness (QED) is 0.871. The third kappa shape index (κ3) is 4.19. The first-order valence-electron chi connectivity index (χ1n) is 5.53. The van der Waals surface area contributed by atoms with Crippen LogP contribution in [-0.2, 0) is 4.79 Å². The molecule has 1 aromatic carbocycles. The third-order valence-corrected chi connectivity index (χ3v) is 2.99. The molecule has 0 saturated carbocycles. The number of hydrogen-bond donors (Lipinski definition) is 2. The van der Waals surface area contributed by atoms with Gasteiger partial charge in [0.05, 0.1) is 5.92 Å². The van der Waals surface area contributed by atoms with Gasteiger partial charge in [0.1, 0.15) is 0 Å². The van der Waals surface area contributed by atoms with Crippen molar-refractivity contribution >= 4 is 35.6 Å². The summed E-state index contributed by atoms with van der Waals surface area (Å²) < 4.78 is 0. The number of anilines is 1. The number of nitrogens with one attached hydrogen (secondary N) is 2. The van der Waals surface area contributed by atoms with Crippen molar-refractivity contribution in [2.24, 2.45) is 5.92 Å². The third-order valence-electron chi connectivity index (χ3n) is 2.76. The van der Waals surface area contributed by atoms with Crippen LogP contribution in [0.3, 0.4) is 0 Å². The van der Waals surface area contributed by atoms with Crippen molar-refractivity contribution in [3.8, 4) is 0 Å². The summed E-state index contributed by atoms with van der Waals surface area (Å²) >= 11 is 5.85. The first kappa shape index (κ1) is 14.3. The van der Waals surface area contributed by atoms with Crippen LogP contribution in [0.5, 0.6) is 0 Å². The second-order valence-corrected chi connectivity index (χ2v) is 4.48. The number of rotatable bonds is 2. The summed E-state index contributed by atoms with van der Waals surface area (Å²) in [5, 5.41) is 6.75. The minimum atomic E-state index is 0. The van der Waals surface area contributed by atoms with Crippen molar-refractivity contribution in [3.63, 3.8) is 0 Å². The molecule has 2 N–H and O–H groups in total. The van der Waals surface area contributed by atoms with Crippen molar-refractivity contribution in [1.29, 1.82) is 0 Å². The fourth-order valence-corrected chi connectivity index (χ4v) is 2.08. The minimum Gasteiger partial charge on any atom is -0.326 e. The van der Waals surface area contributed by atoms with E-state index in [4.69, 9.17) is 11.6 Å². The molecule has 1 aliphatic rings. The average Bonchev–Trinajstić information content (AvgIpc) is 2.30. The maximum atomic E-state index is 11.9. The first-order valence-corrected chi connectivity index (χ1v) is 5.90. The number of halogens is 2. The Hall–Kier alpha value is -0.770. The van der Waals surface area contributed by atoms with Gasteiger partial charge < -0.3 is 10.6 Å². The van der Waals surface area contributed by atoms with Gasteiger partial charge in [0.25, 0.3) is 0 Å². The highest BCUT2D eigenvalue weighted by Crippen LogP contribution is 2.17. The highest BCUT2D eigenvalue weighted by atomic mass is 35.5. The lowest BCUT2D eigenvalue weighted by molar-refractivity contribution is -0.120. The normalized spacial score (nSPS) is 19.2. The van der Waals surface area contributed by atoms with Crippen LogP contribution in [0.25, 0.3) is 0 Å². The minimum absolute atomic E-state index is 0. The van der Waals surface area contributed by atoms with Crippen molar-refractivity contribution in [2.75, 3.05) is 18.4 Å². The van der Waals surface area contributed by atoms with Crippen LogP contribution in [0.2, 0.25) is 5.02 Å². The van der Waals surface area contributed by atoms with Gasteiger partial charge in [0.2, 0.25) is 5.91 Å². The van der Waals surface area contributed by atoms with Crippen LogP contribution in [0.1, 0.15) is 12.8 Å². The molecule has 0 unspecified atom stereocenters. The molecular formula is C12H16Cl2N2O. The molecule has 0 spiro atoms. The smallest absolute Gasteiger partial charge is 0.228 e.